The molecule has 3 rings (SSSR count). The third kappa shape index (κ3) is 4.38. The Bertz CT molecular complexity index is 432. The molecule has 116 valence electrons. The highest BCUT2D eigenvalue weighted by molar-refractivity contribution is 5.31. The molecule has 2 fully saturated rings. The van der Waals surface area contributed by atoms with Crippen molar-refractivity contribution in [3.63, 3.8) is 0 Å². The first kappa shape index (κ1) is 14.7. The van der Waals surface area contributed by atoms with Gasteiger partial charge in [0.05, 0.1) is 6.10 Å². The zero-order valence-corrected chi connectivity index (χ0v) is 12.9. The Morgan fingerprint density at radius 2 is 2.10 bits per heavy atom. The van der Waals surface area contributed by atoms with Gasteiger partial charge in [-0.1, -0.05) is 6.92 Å². The van der Waals surface area contributed by atoms with Gasteiger partial charge < -0.3 is 15.0 Å². The van der Waals surface area contributed by atoms with Crippen molar-refractivity contribution in [2.75, 3.05) is 24.6 Å². The van der Waals surface area contributed by atoms with Crippen LogP contribution >= 0.6 is 0 Å². The summed E-state index contributed by atoms with van der Waals surface area (Å²) in [7, 11) is 0. The predicted octanol–water partition coefficient (Wildman–Crippen LogP) is 2.12. The Labute approximate surface area is 127 Å². The van der Waals surface area contributed by atoms with Gasteiger partial charge in [-0.3, -0.25) is 0 Å². The minimum atomic E-state index is 0.332. The maximum Gasteiger partial charge on any atom is 0.225 e. The van der Waals surface area contributed by atoms with Crippen LogP contribution in [0.3, 0.4) is 0 Å². The van der Waals surface area contributed by atoms with Gasteiger partial charge in [-0.15, -0.1) is 0 Å². The van der Waals surface area contributed by atoms with Crippen LogP contribution in [-0.2, 0) is 11.3 Å². The number of nitrogens with one attached hydrogen (secondary N) is 1. The summed E-state index contributed by atoms with van der Waals surface area (Å²) in [6.45, 7) is 5.84. The van der Waals surface area contributed by atoms with Crippen molar-refractivity contribution in [2.45, 2.75) is 57.7 Å². The average Bonchev–Trinajstić information content (AvgIpc) is 3.36. The molecule has 1 atom stereocenters. The van der Waals surface area contributed by atoms with Crippen LogP contribution in [0.1, 0.15) is 44.6 Å². The molecule has 5 nitrogen and oxygen atoms in total. The second-order valence-electron chi connectivity index (χ2n) is 6.13. The standard InChI is InChI=1S/C16H26N4O/c1-2-8-21-15-4-3-7-20(12-15)16-18-10-13(11-19-16)9-17-14-5-6-14/h10-11,14-15,17H,2-9,12H2,1H3. The molecule has 1 aliphatic heterocycles. The van der Waals surface area contributed by atoms with Gasteiger partial charge in [0.15, 0.2) is 0 Å². The number of aromatic nitrogens is 2. The van der Waals surface area contributed by atoms with Crippen LogP contribution in [0.4, 0.5) is 5.95 Å². The van der Waals surface area contributed by atoms with E-state index in [-0.39, 0.29) is 0 Å². The van der Waals surface area contributed by atoms with E-state index >= 15 is 0 Å². The fraction of sp³-hybridized carbons (Fsp3) is 0.750. The molecule has 0 aromatic carbocycles. The number of piperidine rings is 1. The predicted molar refractivity (Wildman–Crippen MR) is 83.4 cm³/mol. The van der Waals surface area contributed by atoms with E-state index in [0.29, 0.717) is 6.10 Å². The molecule has 5 heteroatoms. The molecule has 0 bridgehead atoms. The summed E-state index contributed by atoms with van der Waals surface area (Å²) in [5.74, 6) is 0.843. The lowest BCUT2D eigenvalue weighted by Gasteiger charge is -2.32. The van der Waals surface area contributed by atoms with Crippen molar-refractivity contribution in [3.05, 3.63) is 18.0 Å². The SMILES string of the molecule is CCCOC1CCCN(c2ncc(CNC3CC3)cn2)C1. The summed E-state index contributed by atoms with van der Waals surface area (Å²) in [6.07, 6.45) is 10.2. The van der Waals surface area contributed by atoms with Crippen LogP contribution in [0.15, 0.2) is 12.4 Å². The fourth-order valence-corrected chi connectivity index (χ4v) is 2.69. The topological polar surface area (TPSA) is 50.3 Å². The molecule has 2 heterocycles. The summed E-state index contributed by atoms with van der Waals surface area (Å²) < 4.78 is 5.87. The van der Waals surface area contributed by atoms with Gasteiger partial charge in [0.25, 0.3) is 0 Å². The second-order valence-corrected chi connectivity index (χ2v) is 6.13. The first-order chi connectivity index (χ1) is 10.3. The highest BCUT2D eigenvalue weighted by Gasteiger charge is 2.22. The van der Waals surface area contributed by atoms with Crippen LogP contribution in [0.2, 0.25) is 0 Å². The van der Waals surface area contributed by atoms with E-state index in [9.17, 15) is 0 Å². The van der Waals surface area contributed by atoms with Crippen LogP contribution < -0.4 is 10.2 Å². The van der Waals surface area contributed by atoms with E-state index < -0.39 is 0 Å². The monoisotopic (exact) mass is 290 g/mol. The molecule has 2 aliphatic rings. The summed E-state index contributed by atoms with van der Waals surface area (Å²) in [5.41, 5.74) is 1.17. The minimum Gasteiger partial charge on any atom is -0.376 e. The van der Waals surface area contributed by atoms with Crippen LogP contribution in [0.25, 0.3) is 0 Å². The highest BCUT2D eigenvalue weighted by atomic mass is 16.5. The van der Waals surface area contributed by atoms with Crippen LogP contribution in [0.5, 0.6) is 0 Å². The molecule has 1 unspecified atom stereocenters. The first-order valence-electron chi connectivity index (χ1n) is 8.26. The zero-order valence-electron chi connectivity index (χ0n) is 12.9. The van der Waals surface area contributed by atoms with Crippen molar-refractivity contribution < 1.29 is 4.74 Å². The van der Waals surface area contributed by atoms with Gasteiger partial charge in [-0.2, -0.15) is 0 Å². The lowest BCUT2D eigenvalue weighted by Crippen LogP contribution is -2.40. The molecule has 1 aromatic rings. The van der Waals surface area contributed by atoms with Crippen LogP contribution in [0, 0.1) is 0 Å². The van der Waals surface area contributed by atoms with Gasteiger partial charge >= 0.3 is 0 Å². The molecule has 1 aliphatic carbocycles. The lowest BCUT2D eigenvalue weighted by atomic mass is 10.1. The van der Waals surface area contributed by atoms with Crippen molar-refractivity contribution in [2.24, 2.45) is 0 Å². The molecule has 1 N–H and O–H groups in total. The van der Waals surface area contributed by atoms with E-state index in [1.54, 1.807) is 0 Å². The van der Waals surface area contributed by atoms with Crippen LogP contribution in [-0.4, -0.2) is 41.8 Å². The van der Waals surface area contributed by atoms with Crippen molar-refractivity contribution >= 4 is 5.95 Å². The quantitative estimate of drug-likeness (QED) is 0.833. The van der Waals surface area contributed by atoms with Gasteiger partial charge in [-0.25, -0.2) is 9.97 Å². The smallest absolute Gasteiger partial charge is 0.225 e. The number of hydrogen-bond donors (Lipinski definition) is 1. The minimum absolute atomic E-state index is 0.332. The number of nitrogens with zero attached hydrogens (tertiary/aromatic N) is 3. The van der Waals surface area contributed by atoms with E-state index in [1.807, 2.05) is 12.4 Å². The molecule has 0 radical (unpaired) electrons. The summed E-state index contributed by atoms with van der Waals surface area (Å²) >= 11 is 0. The second kappa shape index (κ2) is 7.18. The van der Waals surface area contributed by atoms with Gasteiger partial charge in [0.1, 0.15) is 0 Å². The first-order valence-corrected chi connectivity index (χ1v) is 8.26. The van der Waals surface area contributed by atoms with Crippen molar-refractivity contribution in [1.29, 1.82) is 0 Å². The Kier molecular flexibility index (Phi) is 5.04. The fourth-order valence-electron chi connectivity index (χ4n) is 2.69. The zero-order chi connectivity index (χ0) is 14.5. The molecule has 1 saturated carbocycles. The van der Waals surface area contributed by atoms with E-state index in [2.05, 4.69) is 27.1 Å². The summed E-state index contributed by atoms with van der Waals surface area (Å²) in [6, 6.07) is 0.725. The molecule has 1 saturated heterocycles. The molecule has 0 amide bonds. The van der Waals surface area contributed by atoms with Gasteiger partial charge in [0.2, 0.25) is 5.95 Å². The summed E-state index contributed by atoms with van der Waals surface area (Å²) in [4.78, 5) is 11.3. The summed E-state index contributed by atoms with van der Waals surface area (Å²) in [5, 5.41) is 3.49. The Hall–Kier alpha value is -1.20. The lowest BCUT2D eigenvalue weighted by molar-refractivity contribution is 0.0437. The number of rotatable bonds is 7. The van der Waals surface area contributed by atoms with E-state index in [1.165, 1.54) is 18.4 Å². The number of anilines is 1. The third-order valence-electron chi connectivity index (χ3n) is 4.08. The van der Waals surface area contributed by atoms with Crippen molar-refractivity contribution in [1.82, 2.24) is 15.3 Å². The Morgan fingerprint density at radius 1 is 1.29 bits per heavy atom. The average molecular weight is 290 g/mol. The molecular formula is C16H26N4O. The van der Waals surface area contributed by atoms with Gasteiger partial charge in [0, 0.05) is 50.2 Å². The highest BCUT2D eigenvalue weighted by Crippen LogP contribution is 2.20. The van der Waals surface area contributed by atoms with E-state index in [0.717, 1.165) is 57.5 Å². The normalized spacial score (nSPS) is 22.5. The van der Waals surface area contributed by atoms with Gasteiger partial charge in [-0.05, 0) is 32.1 Å². The number of hydrogen-bond acceptors (Lipinski definition) is 5. The third-order valence-corrected chi connectivity index (χ3v) is 4.08. The number of ether oxygens (including phenoxy) is 1. The molecule has 1 aromatic heterocycles. The van der Waals surface area contributed by atoms with E-state index in [4.69, 9.17) is 4.74 Å². The van der Waals surface area contributed by atoms with Crippen molar-refractivity contribution in [3.8, 4) is 0 Å². The molecular weight excluding hydrogens is 264 g/mol. The molecule has 21 heavy (non-hydrogen) atoms. The Balaban J connectivity index is 1.52. The maximum atomic E-state index is 5.87. The Morgan fingerprint density at radius 3 is 2.81 bits per heavy atom. The largest absolute Gasteiger partial charge is 0.376 e. The maximum absolute atomic E-state index is 5.87. The molecule has 0 spiro atoms.